The number of aromatic nitrogens is 1. The number of carbonyl (C=O) groups excluding carboxylic acids is 2. The maximum Gasteiger partial charge on any atom is 0.441 e. The summed E-state index contributed by atoms with van der Waals surface area (Å²) in [6.07, 6.45) is -3.90. The molecule has 6 nitrogen and oxygen atoms in total. The van der Waals surface area contributed by atoms with Gasteiger partial charge in [0.15, 0.2) is 0 Å². The zero-order chi connectivity index (χ0) is 15.4. The largest absolute Gasteiger partial charge is 0.466 e. The van der Waals surface area contributed by atoms with Crippen LogP contribution in [0.5, 0.6) is 0 Å². The van der Waals surface area contributed by atoms with E-state index in [1.807, 2.05) is 5.32 Å². The second-order valence-corrected chi connectivity index (χ2v) is 3.76. The normalized spacial score (nSPS) is 14.1. The van der Waals surface area contributed by atoms with Crippen molar-refractivity contribution in [3.05, 3.63) is 24.4 Å². The summed E-state index contributed by atoms with van der Waals surface area (Å²) in [7, 11) is 0.782. The van der Waals surface area contributed by atoms with Crippen LogP contribution in [0.3, 0.4) is 0 Å². The van der Waals surface area contributed by atoms with Gasteiger partial charge in [0.25, 0.3) is 0 Å². The average molecular weight is 291 g/mol. The Kier molecular flexibility index (Phi) is 4.53. The number of nitrogens with one attached hydrogen (secondary N) is 2. The van der Waals surface area contributed by atoms with Gasteiger partial charge in [-0.15, -0.1) is 0 Å². The molecule has 0 unspecified atom stereocenters. The molecule has 0 saturated carbocycles. The van der Waals surface area contributed by atoms with E-state index in [2.05, 4.69) is 9.72 Å². The molecule has 2 N–H and O–H groups in total. The van der Waals surface area contributed by atoms with Crippen molar-refractivity contribution in [3.8, 4) is 0 Å². The summed E-state index contributed by atoms with van der Waals surface area (Å²) in [4.78, 5) is 26.2. The van der Waals surface area contributed by atoms with Crippen molar-refractivity contribution in [1.82, 2.24) is 10.3 Å². The Morgan fingerprint density at radius 3 is 2.35 bits per heavy atom. The number of ether oxygens (including phenoxy) is 1. The highest BCUT2D eigenvalue weighted by Crippen LogP contribution is 2.32. The van der Waals surface area contributed by atoms with Crippen LogP contribution in [0.4, 0.5) is 19.0 Å². The van der Waals surface area contributed by atoms with E-state index in [4.69, 9.17) is 0 Å². The maximum atomic E-state index is 13.3. The number of halogens is 3. The topological polar surface area (TPSA) is 80.3 Å². The van der Waals surface area contributed by atoms with Gasteiger partial charge in [-0.2, -0.15) is 13.2 Å². The van der Waals surface area contributed by atoms with Crippen LogP contribution in [0, 0.1) is 0 Å². The van der Waals surface area contributed by atoms with Crippen molar-refractivity contribution in [1.29, 1.82) is 0 Å². The van der Waals surface area contributed by atoms with Crippen molar-refractivity contribution in [2.24, 2.45) is 0 Å². The fourth-order valence-electron chi connectivity index (χ4n) is 1.44. The molecular formula is C11H12F3N3O3. The average Bonchev–Trinajstić information content (AvgIpc) is 2.36. The van der Waals surface area contributed by atoms with Gasteiger partial charge >= 0.3 is 17.8 Å². The number of hydrogen-bond donors (Lipinski definition) is 2. The predicted octanol–water partition coefficient (Wildman–Crippen LogP) is 1.06. The number of amides is 1. The molecule has 110 valence electrons. The number of alkyl halides is 3. The Hall–Kier alpha value is -2.32. The Balaban J connectivity index is 3.29. The van der Waals surface area contributed by atoms with Crippen molar-refractivity contribution in [2.75, 3.05) is 12.4 Å². The van der Waals surface area contributed by atoms with Crippen LogP contribution in [0.15, 0.2) is 24.4 Å². The fraction of sp³-hybridized carbons (Fsp3) is 0.364. The Morgan fingerprint density at radius 2 is 1.95 bits per heavy atom. The molecule has 0 fully saturated rings. The summed E-state index contributed by atoms with van der Waals surface area (Å²) in [5.41, 5.74) is -3.40. The van der Waals surface area contributed by atoms with Gasteiger partial charge in [-0.1, -0.05) is 6.07 Å². The second kappa shape index (κ2) is 5.76. The predicted molar refractivity (Wildman–Crippen MR) is 62.5 cm³/mol. The van der Waals surface area contributed by atoms with Gasteiger partial charge in [-0.05, 0) is 12.1 Å². The first-order valence-corrected chi connectivity index (χ1v) is 5.36. The van der Waals surface area contributed by atoms with E-state index < -0.39 is 23.7 Å². The molecule has 0 aromatic carbocycles. The van der Waals surface area contributed by atoms with Crippen LogP contribution in [-0.2, 0) is 14.3 Å². The molecule has 1 amide bonds. The lowest BCUT2D eigenvalue weighted by molar-refractivity contribution is -0.206. The van der Waals surface area contributed by atoms with E-state index >= 15 is 0 Å². The van der Waals surface area contributed by atoms with Gasteiger partial charge in [0.2, 0.25) is 5.91 Å². The van der Waals surface area contributed by atoms with E-state index in [0.29, 0.717) is 0 Å². The van der Waals surface area contributed by atoms with Crippen LogP contribution in [0.2, 0.25) is 0 Å². The molecule has 1 atom stereocenters. The summed E-state index contributed by atoms with van der Waals surface area (Å²) in [5.74, 6) is -3.01. The highest BCUT2D eigenvalue weighted by atomic mass is 19.4. The summed E-state index contributed by atoms with van der Waals surface area (Å²) >= 11 is 0. The van der Waals surface area contributed by atoms with Gasteiger partial charge in [0.05, 0.1) is 7.11 Å². The van der Waals surface area contributed by atoms with E-state index in [1.165, 1.54) is 24.4 Å². The third-order valence-corrected chi connectivity index (χ3v) is 2.26. The SMILES string of the molecule is COC(=O)[C@](NC(C)=O)(Nc1ccccn1)C(F)(F)F. The Bertz CT molecular complexity index is 493. The van der Waals surface area contributed by atoms with E-state index in [9.17, 15) is 22.8 Å². The lowest BCUT2D eigenvalue weighted by atomic mass is 10.1. The molecule has 9 heteroatoms. The Labute approximate surface area is 112 Å². The zero-order valence-electron chi connectivity index (χ0n) is 10.6. The highest BCUT2D eigenvalue weighted by Gasteiger charge is 2.63. The van der Waals surface area contributed by atoms with E-state index in [0.717, 1.165) is 14.0 Å². The minimum atomic E-state index is -5.14. The number of methoxy groups -OCH3 is 1. The van der Waals surface area contributed by atoms with Gasteiger partial charge in [-0.25, -0.2) is 9.78 Å². The molecule has 0 saturated heterocycles. The minimum Gasteiger partial charge on any atom is -0.466 e. The quantitative estimate of drug-likeness (QED) is 0.640. The van der Waals surface area contributed by atoms with E-state index in [1.54, 1.807) is 5.32 Å². The van der Waals surface area contributed by atoms with Crippen molar-refractivity contribution in [3.63, 3.8) is 0 Å². The molecule has 20 heavy (non-hydrogen) atoms. The fourth-order valence-corrected chi connectivity index (χ4v) is 1.44. The molecule has 0 radical (unpaired) electrons. The van der Waals surface area contributed by atoms with Crippen LogP contribution in [-0.4, -0.2) is 35.8 Å². The van der Waals surface area contributed by atoms with Gasteiger partial charge in [-0.3, -0.25) is 4.79 Å². The molecule has 1 aromatic rings. The van der Waals surface area contributed by atoms with Crippen LogP contribution in [0.1, 0.15) is 6.92 Å². The second-order valence-electron chi connectivity index (χ2n) is 3.76. The Morgan fingerprint density at radius 1 is 1.30 bits per heavy atom. The van der Waals surface area contributed by atoms with Crippen LogP contribution < -0.4 is 10.6 Å². The number of esters is 1. The molecule has 0 spiro atoms. The number of hydrogen-bond acceptors (Lipinski definition) is 5. The molecule has 1 rings (SSSR count). The van der Waals surface area contributed by atoms with Gasteiger partial charge < -0.3 is 15.4 Å². The first kappa shape index (κ1) is 15.7. The number of carbonyl (C=O) groups is 2. The smallest absolute Gasteiger partial charge is 0.441 e. The van der Waals surface area contributed by atoms with Crippen molar-refractivity contribution < 1.29 is 27.5 Å². The number of pyridine rings is 1. The summed E-state index contributed by atoms with van der Waals surface area (Å²) < 4.78 is 43.9. The summed E-state index contributed by atoms with van der Waals surface area (Å²) in [6, 6.07) is 4.11. The van der Waals surface area contributed by atoms with Gasteiger partial charge in [0.1, 0.15) is 5.82 Å². The molecule has 0 aliphatic heterocycles. The molecule has 1 aromatic heterocycles. The van der Waals surface area contributed by atoms with E-state index in [-0.39, 0.29) is 5.82 Å². The lowest BCUT2D eigenvalue weighted by Crippen LogP contribution is -2.69. The number of nitrogens with zero attached hydrogens (tertiary/aromatic N) is 1. The summed E-state index contributed by atoms with van der Waals surface area (Å²) in [6.45, 7) is 0.851. The standard InChI is InChI=1S/C11H12F3N3O3/c1-7(18)16-10(9(19)20-2,11(12,13)14)17-8-5-3-4-6-15-8/h3-6H,1-2H3,(H,15,17)(H,16,18)/t10-/m0/s1. The molecular weight excluding hydrogens is 279 g/mol. The van der Waals surface area contributed by atoms with Gasteiger partial charge in [0, 0.05) is 13.1 Å². The monoisotopic (exact) mass is 291 g/mol. The first-order valence-electron chi connectivity index (χ1n) is 5.36. The van der Waals surface area contributed by atoms with Crippen LogP contribution in [0.25, 0.3) is 0 Å². The summed E-state index contributed by atoms with van der Waals surface area (Å²) in [5, 5.41) is 3.41. The zero-order valence-corrected chi connectivity index (χ0v) is 10.6. The minimum absolute atomic E-state index is 0.246. The third kappa shape index (κ3) is 3.16. The molecule has 0 aliphatic rings. The first-order chi connectivity index (χ1) is 9.23. The highest BCUT2D eigenvalue weighted by molar-refractivity contribution is 5.90. The third-order valence-electron chi connectivity index (χ3n) is 2.26. The van der Waals surface area contributed by atoms with Crippen molar-refractivity contribution in [2.45, 2.75) is 18.8 Å². The maximum absolute atomic E-state index is 13.3. The number of rotatable bonds is 4. The molecule has 1 heterocycles. The van der Waals surface area contributed by atoms with Crippen LogP contribution >= 0.6 is 0 Å². The molecule has 0 aliphatic carbocycles. The molecule has 0 bridgehead atoms. The number of anilines is 1. The van der Waals surface area contributed by atoms with Crippen molar-refractivity contribution >= 4 is 17.7 Å². The lowest BCUT2D eigenvalue weighted by Gasteiger charge is -2.34.